The highest BCUT2D eigenvalue weighted by atomic mass is 79.9. The van der Waals surface area contributed by atoms with Crippen LogP contribution in [0.4, 0.5) is 0 Å². The van der Waals surface area contributed by atoms with Gasteiger partial charge in [0.2, 0.25) is 0 Å². The van der Waals surface area contributed by atoms with Crippen molar-refractivity contribution in [3.8, 4) is 5.75 Å². The van der Waals surface area contributed by atoms with Gasteiger partial charge in [-0.3, -0.25) is 4.79 Å². The molecule has 0 bridgehead atoms. The van der Waals surface area contributed by atoms with E-state index in [-0.39, 0.29) is 0 Å². The van der Waals surface area contributed by atoms with E-state index in [1.165, 1.54) is 32.3 Å². The lowest BCUT2D eigenvalue weighted by Crippen LogP contribution is -2.49. The van der Waals surface area contributed by atoms with Crippen molar-refractivity contribution in [1.29, 1.82) is 0 Å². The van der Waals surface area contributed by atoms with Crippen LogP contribution < -0.4 is 10.1 Å². The lowest BCUT2D eigenvalue weighted by molar-refractivity contribution is -0.143. The Balaban J connectivity index is 2.87. The zero-order valence-electron chi connectivity index (χ0n) is 9.54. The minimum Gasteiger partial charge on any atom is -0.495 e. The number of amides is 1. The van der Waals surface area contributed by atoms with Gasteiger partial charge in [0.05, 0.1) is 12.0 Å². The van der Waals surface area contributed by atoms with E-state index in [1.807, 2.05) is 0 Å². The molecule has 1 heterocycles. The Labute approximate surface area is 111 Å². The number of hydrogen-bond donors (Lipinski definition) is 2. The normalized spacial score (nSPS) is 11.1. The number of carbonyl (C=O) groups is 2. The van der Waals surface area contributed by atoms with Gasteiger partial charge < -0.3 is 15.2 Å². The number of methoxy groups -OCH3 is 1. The molecule has 1 aromatic heterocycles. The van der Waals surface area contributed by atoms with Crippen LogP contribution >= 0.6 is 27.3 Å². The first kappa shape index (κ1) is 14.0. The van der Waals surface area contributed by atoms with E-state index < -0.39 is 17.4 Å². The number of ether oxygens (including phenoxy) is 1. The van der Waals surface area contributed by atoms with Crippen molar-refractivity contribution in [3.05, 3.63) is 14.7 Å². The van der Waals surface area contributed by atoms with Crippen LogP contribution in [0.3, 0.4) is 0 Å². The molecule has 0 saturated heterocycles. The summed E-state index contributed by atoms with van der Waals surface area (Å²) in [6.45, 7) is 2.85. The van der Waals surface area contributed by atoms with Crippen LogP contribution in [0.25, 0.3) is 0 Å². The summed E-state index contributed by atoms with van der Waals surface area (Å²) in [7, 11) is 1.50. The van der Waals surface area contributed by atoms with Crippen molar-refractivity contribution < 1.29 is 19.4 Å². The molecule has 2 N–H and O–H groups in total. The molecule has 0 atom stereocenters. The van der Waals surface area contributed by atoms with Crippen LogP contribution in [0, 0.1) is 0 Å². The summed E-state index contributed by atoms with van der Waals surface area (Å²) < 4.78 is 5.71. The van der Waals surface area contributed by atoms with Gasteiger partial charge in [-0.15, -0.1) is 11.3 Å². The van der Waals surface area contributed by atoms with Gasteiger partial charge in [-0.25, -0.2) is 4.79 Å². The molecule has 0 unspecified atom stereocenters. The van der Waals surface area contributed by atoms with Crippen LogP contribution in [-0.4, -0.2) is 29.6 Å². The largest absolute Gasteiger partial charge is 0.495 e. The van der Waals surface area contributed by atoms with E-state index in [9.17, 15) is 9.59 Å². The Morgan fingerprint density at radius 2 is 2.12 bits per heavy atom. The third-order valence-electron chi connectivity index (χ3n) is 2.06. The number of rotatable bonds is 4. The first-order chi connectivity index (χ1) is 7.77. The average Bonchev–Trinajstić information content (AvgIpc) is 2.58. The van der Waals surface area contributed by atoms with Gasteiger partial charge in [-0.2, -0.15) is 0 Å². The molecule has 1 amide bonds. The molecule has 0 aliphatic carbocycles. The topological polar surface area (TPSA) is 75.6 Å². The second-order valence-electron chi connectivity index (χ2n) is 3.84. The number of nitrogens with one attached hydrogen (secondary N) is 1. The molecule has 17 heavy (non-hydrogen) atoms. The third kappa shape index (κ3) is 3.19. The summed E-state index contributed by atoms with van der Waals surface area (Å²) in [5.41, 5.74) is -1.30. The molecule has 0 saturated carbocycles. The number of thiophene rings is 1. The molecule has 5 nitrogen and oxygen atoms in total. The summed E-state index contributed by atoms with van der Waals surface area (Å²) in [5, 5.41) is 11.3. The van der Waals surface area contributed by atoms with Crippen molar-refractivity contribution in [2.75, 3.05) is 7.11 Å². The fourth-order valence-electron chi connectivity index (χ4n) is 1.00. The van der Waals surface area contributed by atoms with Gasteiger partial charge in [-0.1, -0.05) is 0 Å². The van der Waals surface area contributed by atoms with Crippen molar-refractivity contribution in [2.45, 2.75) is 19.4 Å². The standard InChI is InChI=1S/C10H12BrNO4S/c1-10(2,9(14)15)12-8(13)6-4-5(16-3)7(11)17-6/h4H,1-3H3,(H,12,13)(H,14,15). The van der Waals surface area contributed by atoms with Gasteiger partial charge >= 0.3 is 5.97 Å². The Morgan fingerprint density at radius 3 is 2.53 bits per heavy atom. The predicted octanol–water partition coefficient (Wildman–Crippen LogP) is 2.11. The van der Waals surface area contributed by atoms with Crippen molar-refractivity contribution in [1.82, 2.24) is 5.32 Å². The molecule has 1 rings (SSSR count). The molecule has 0 radical (unpaired) electrons. The molecule has 0 fully saturated rings. The van der Waals surface area contributed by atoms with Crippen molar-refractivity contribution in [2.24, 2.45) is 0 Å². The molecule has 94 valence electrons. The fraction of sp³-hybridized carbons (Fsp3) is 0.400. The molecule has 0 aliphatic rings. The minimum atomic E-state index is -1.30. The molecule has 1 aromatic rings. The molecular formula is C10H12BrNO4S. The molecule has 0 aliphatic heterocycles. The highest BCUT2D eigenvalue weighted by molar-refractivity contribution is 9.11. The maximum atomic E-state index is 11.8. The monoisotopic (exact) mass is 321 g/mol. The summed E-state index contributed by atoms with van der Waals surface area (Å²) in [5.74, 6) is -0.979. The lowest BCUT2D eigenvalue weighted by Gasteiger charge is -2.20. The average molecular weight is 322 g/mol. The zero-order valence-corrected chi connectivity index (χ0v) is 11.9. The van der Waals surface area contributed by atoms with Crippen molar-refractivity contribution >= 4 is 39.1 Å². The van der Waals surface area contributed by atoms with Gasteiger partial charge in [-0.05, 0) is 29.8 Å². The number of carbonyl (C=O) groups excluding carboxylic acids is 1. The summed E-state index contributed by atoms with van der Waals surface area (Å²) >= 11 is 4.44. The molecule has 0 aromatic carbocycles. The van der Waals surface area contributed by atoms with Gasteiger partial charge in [0.25, 0.3) is 5.91 Å². The SMILES string of the molecule is COc1cc(C(=O)NC(C)(C)C(=O)O)sc1Br. The summed E-state index contributed by atoms with van der Waals surface area (Å²) in [6, 6.07) is 1.56. The van der Waals surface area contributed by atoms with Crippen LogP contribution in [0.15, 0.2) is 9.85 Å². The highest BCUT2D eigenvalue weighted by Gasteiger charge is 2.30. The Morgan fingerprint density at radius 1 is 1.53 bits per heavy atom. The number of halogens is 1. The molecule has 7 heteroatoms. The highest BCUT2D eigenvalue weighted by Crippen LogP contribution is 2.34. The first-order valence-electron chi connectivity index (χ1n) is 4.67. The third-order valence-corrected chi connectivity index (χ3v) is 3.84. The number of carboxylic acid groups (broad SMARTS) is 1. The second-order valence-corrected chi connectivity index (χ2v) is 6.21. The minimum absolute atomic E-state index is 0.392. The maximum Gasteiger partial charge on any atom is 0.328 e. The molecule has 0 spiro atoms. The quantitative estimate of drug-likeness (QED) is 0.890. The summed E-state index contributed by atoms with van der Waals surface area (Å²) in [6.07, 6.45) is 0. The van der Waals surface area contributed by atoms with E-state index in [1.54, 1.807) is 6.07 Å². The van der Waals surface area contributed by atoms with E-state index in [4.69, 9.17) is 9.84 Å². The summed E-state index contributed by atoms with van der Waals surface area (Å²) in [4.78, 5) is 23.1. The lowest BCUT2D eigenvalue weighted by atomic mass is 10.1. The van der Waals surface area contributed by atoms with Crippen LogP contribution in [-0.2, 0) is 4.79 Å². The number of aliphatic carboxylic acids is 1. The Hall–Kier alpha value is -1.08. The first-order valence-corrected chi connectivity index (χ1v) is 6.28. The van der Waals surface area contributed by atoms with Gasteiger partial charge in [0.1, 0.15) is 15.1 Å². The number of hydrogen-bond acceptors (Lipinski definition) is 4. The number of carboxylic acids is 1. The second kappa shape index (κ2) is 5.05. The molecular weight excluding hydrogens is 310 g/mol. The van der Waals surface area contributed by atoms with Gasteiger partial charge in [0, 0.05) is 6.07 Å². The maximum absolute atomic E-state index is 11.8. The van der Waals surface area contributed by atoms with Crippen LogP contribution in [0.5, 0.6) is 5.75 Å². The van der Waals surface area contributed by atoms with Crippen molar-refractivity contribution in [3.63, 3.8) is 0 Å². The Bertz CT molecular complexity index is 455. The van der Waals surface area contributed by atoms with Crippen LogP contribution in [0.2, 0.25) is 0 Å². The smallest absolute Gasteiger partial charge is 0.328 e. The fourth-order valence-corrected chi connectivity index (χ4v) is 2.55. The Kier molecular flexibility index (Phi) is 4.16. The van der Waals surface area contributed by atoms with E-state index in [0.717, 1.165) is 0 Å². The van der Waals surface area contributed by atoms with Gasteiger partial charge in [0.15, 0.2) is 0 Å². The van der Waals surface area contributed by atoms with Crippen LogP contribution in [0.1, 0.15) is 23.5 Å². The van der Waals surface area contributed by atoms with E-state index in [2.05, 4.69) is 21.2 Å². The van der Waals surface area contributed by atoms with E-state index >= 15 is 0 Å². The zero-order chi connectivity index (χ0) is 13.2. The predicted molar refractivity (Wildman–Crippen MR) is 67.8 cm³/mol. The van der Waals surface area contributed by atoms with E-state index in [0.29, 0.717) is 14.4 Å².